The highest BCUT2D eigenvalue weighted by Gasteiger charge is 2.16. The van der Waals surface area contributed by atoms with E-state index >= 15 is 0 Å². The molecule has 3 heteroatoms. The molecular formula is C16H15NO2. The summed E-state index contributed by atoms with van der Waals surface area (Å²) in [5, 5.41) is 10.0. The molecule has 0 aliphatic heterocycles. The number of aliphatic hydroxyl groups is 1. The third-order valence-corrected chi connectivity index (χ3v) is 2.96. The van der Waals surface area contributed by atoms with Crippen LogP contribution >= 0.6 is 0 Å². The summed E-state index contributed by atoms with van der Waals surface area (Å²) in [6, 6.07) is 15.6. The number of methoxy groups -OCH3 is 1. The van der Waals surface area contributed by atoms with E-state index in [0.29, 0.717) is 11.3 Å². The molecule has 2 aromatic carbocycles. The van der Waals surface area contributed by atoms with E-state index in [4.69, 9.17) is 11.3 Å². The lowest BCUT2D eigenvalue weighted by atomic mass is 9.99. The van der Waals surface area contributed by atoms with Crippen LogP contribution in [0.15, 0.2) is 48.5 Å². The fourth-order valence-electron chi connectivity index (χ4n) is 1.99. The molecule has 0 saturated heterocycles. The number of ether oxygens (including phenoxy) is 1. The monoisotopic (exact) mass is 253 g/mol. The van der Waals surface area contributed by atoms with Gasteiger partial charge in [-0.25, -0.2) is 6.57 Å². The van der Waals surface area contributed by atoms with Gasteiger partial charge >= 0.3 is 0 Å². The van der Waals surface area contributed by atoms with Crippen LogP contribution in [0.2, 0.25) is 0 Å². The van der Waals surface area contributed by atoms with E-state index in [0.717, 1.165) is 11.1 Å². The van der Waals surface area contributed by atoms with Crippen molar-refractivity contribution in [3.05, 3.63) is 65.5 Å². The maximum atomic E-state index is 10.0. The zero-order valence-corrected chi connectivity index (χ0v) is 10.7. The molecule has 0 saturated carbocycles. The first-order valence-electron chi connectivity index (χ1n) is 6.01. The number of aliphatic hydroxyl groups excluding tert-OH is 1. The molecule has 0 heterocycles. The smallest absolute Gasteiger partial charge is 0.244 e. The fraction of sp³-hybridized carbons (Fsp3) is 0.188. The Balaban J connectivity index is 2.44. The topological polar surface area (TPSA) is 33.8 Å². The first kappa shape index (κ1) is 13.1. The van der Waals surface area contributed by atoms with E-state index in [2.05, 4.69) is 4.85 Å². The van der Waals surface area contributed by atoms with Crippen molar-refractivity contribution in [2.24, 2.45) is 0 Å². The van der Waals surface area contributed by atoms with Crippen LogP contribution in [0.25, 0.3) is 16.0 Å². The molecule has 2 aromatic rings. The van der Waals surface area contributed by atoms with E-state index in [-0.39, 0.29) is 6.54 Å². The van der Waals surface area contributed by atoms with Crippen LogP contribution in [0.3, 0.4) is 0 Å². The predicted molar refractivity (Wildman–Crippen MR) is 74.9 cm³/mol. The molecular weight excluding hydrogens is 238 g/mol. The van der Waals surface area contributed by atoms with Gasteiger partial charge in [0.25, 0.3) is 0 Å². The number of rotatable bonds is 4. The minimum absolute atomic E-state index is 0.0363. The molecule has 0 aliphatic carbocycles. The Morgan fingerprint density at radius 1 is 1.16 bits per heavy atom. The number of benzene rings is 2. The first-order valence-corrected chi connectivity index (χ1v) is 6.01. The average molecular weight is 253 g/mol. The Labute approximate surface area is 112 Å². The summed E-state index contributed by atoms with van der Waals surface area (Å²) in [6.07, 6.45) is -0.823. The summed E-state index contributed by atoms with van der Waals surface area (Å²) in [5.74, 6) is 0.607. The summed E-state index contributed by atoms with van der Waals surface area (Å²) in [5.41, 5.74) is 2.72. The molecule has 0 amide bonds. The van der Waals surface area contributed by atoms with Gasteiger partial charge in [-0.3, -0.25) is 0 Å². The summed E-state index contributed by atoms with van der Waals surface area (Å²) in [7, 11) is 1.56. The third kappa shape index (κ3) is 2.93. The molecule has 96 valence electrons. The maximum Gasteiger partial charge on any atom is 0.244 e. The minimum Gasteiger partial charge on any atom is -0.496 e. The van der Waals surface area contributed by atoms with E-state index in [1.54, 1.807) is 7.11 Å². The molecule has 0 aliphatic rings. The molecule has 2 rings (SSSR count). The lowest BCUT2D eigenvalue weighted by Crippen LogP contribution is -2.03. The maximum absolute atomic E-state index is 10.0. The predicted octanol–water partition coefficient (Wildman–Crippen LogP) is 3.31. The zero-order chi connectivity index (χ0) is 13.7. The van der Waals surface area contributed by atoms with Gasteiger partial charge in [0, 0.05) is 5.56 Å². The van der Waals surface area contributed by atoms with E-state index in [9.17, 15) is 5.11 Å². The molecule has 1 atom stereocenters. The van der Waals surface area contributed by atoms with Gasteiger partial charge in [0.1, 0.15) is 5.75 Å². The molecule has 1 unspecified atom stereocenters. The van der Waals surface area contributed by atoms with Crippen LogP contribution in [0, 0.1) is 6.57 Å². The average Bonchev–Trinajstić information content (AvgIpc) is 2.47. The highest BCUT2D eigenvalue weighted by atomic mass is 16.5. The second-order valence-corrected chi connectivity index (χ2v) is 4.18. The molecule has 0 bridgehead atoms. The lowest BCUT2D eigenvalue weighted by Gasteiger charge is -2.13. The van der Waals surface area contributed by atoms with Crippen LogP contribution in [0.1, 0.15) is 11.7 Å². The molecule has 0 radical (unpaired) electrons. The number of hydrogen-bond acceptors (Lipinski definition) is 2. The highest BCUT2D eigenvalue weighted by Crippen LogP contribution is 2.30. The molecule has 3 nitrogen and oxygen atoms in total. The first-order chi connectivity index (χ1) is 9.26. The van der Waals surface area contributed by atoms with Gasteiger partial charge in [-0.2, -0.15) is 0 Å². The van der Waals surface area contributed by atoms with Crippen molar-refractivity contribution >= 4 is 0 Å². The Morgan fingerprint density at radius 3 is 2.53 bits per heavy atom. The van der Waals surface area contributed by atoms with Gasteiger partial charge in [0.05, 0.1) is 7.11 Å². The van der Waals surface area contributed by atoms with Crippen molar-refractivity contribution in [2.45, 2.75) is 6.10 Å². The van der Waals surface area contributed by atoms with Crippen molar-refractivity contribution < 1.29 is 9.84 Å². The molecule has 1 N–H and O–H groups in total. The summed E-state index contributed by atoms with van der Waals surface area (Å²) < 4.78 is 5.24. The van der Waals surface area contributed by atoms with Gasteiger partial charge in [-0.15, -0.1) is 0 Å². The van der Waals surface area contributed by atoms with Crippen LogP contribution in [0.4, 0.5) is 0 Å². The van der Waals surface area contributed by atoms with Crippen molar-refractivity contribution in [2.75, 3.05) is 13.7 Å². The number of hydrogen-bond donors (Lipinski definition) is 1. The second kappa shape index (κ2) is 6.03. The Kier molecular flexibility index (Phi) is 4.17. The zero-order valence-electron chi connectivity index (χ0n) is 10.7. The van der Waals surface area contributed by atoms with Crippen molar-refractivity contribution in [3.8, 4) is 16.9 Å². The summed E-state index contributed by atoms with van der Waals surface area (Å²) in [6.45, 7) is 6.89. The van der Waals surface area contributed by atoms with Crippen molar-refractivity contribution in [3.63, 3.8) is 0 Å². The lowest BCUT2D eigenvalue weighted by molar-refractivity contribution is 0.190. The standard InChI is InChI=1S/C16H15NO2/c1-17-11-15(18)14-10-13(8-9-16(14)19-2)12-6-4-3-5-7-12/h3-10,15,18H,11H2,2H3. The van der Waals surface area contributed by atoms with Crippen LogP contribution in [-0.2, 0) is 0 Å². The number of nitrogens with zero attached hydrogens (tertiary/aromatic N) is 1. The van der Waals surface area contributed by atoms with Gasteiger partial charge < -0.3 is 14.7 Å². The quantitative estimate of drug-likeness (QED) is 0.848. The van der Waals surface area contributed by atoms with Crippen LogP contribution in [0.5, 0.6) is 5.75 Å². The molecule has 19 heavy (non-hydrogen) atoms. The molecule has 0 fully saturated rings. The SMILES string of the molecule is [C-]#[N+]CC(O)c1cc(-c2ccccc2)ccc1OC. The van der Waals surface area contributed by atoms with Gasteiger partial charge in [-0.05, 0) is 23.3 Å². The third-order valence-electron chi connectivity index (χ3n) is 2.96. The van der Waals surface area contributed by atoms with Crippen molar-refractivity contribution in [1.82, 2.24) is 0 Å². The Hall–Kier alpha value is -2.31. The van der Waals surface area contributed by atoms with Crippen molar-refractivity contribution in [1.29, 1.82) is 0 Å². The normalized spacial score (nSPS) is 11.6. The molecule has 0 aromatic heterocycles. The fourth-order valence-corrected chi connectivity index (χ4v) is 1.99. The van der Waals surface area contributed by atoms with Crippen LogP contribution < -0.4 is 4.74 Å². The van der Waals surface area contributed by atoms with E-state index in [1.165, 1.54) is 0 Å². The summed E-state index contributed by atoms with van der Waals surface area (Å²) >= 11 is 0. The minimum atomic E-state index is -0.823. The highest BCUT2D eigenvalue weighted by molar-refractivity contribution is 5.65. The Morgan fingerprint density at radius 2 is 1.89 bits per heavy atom. The van der Waals surface area contributed by atoms with Crippen LogP contribution in [-0.4, -0.2) is 18.8 Å². The van der Waals surface area contributed by atoms with Gasteiger partial charge in [0.15, 0.2) is 6.10 Å². The van der Waals surface area contributed by atoms with E-state index in [1.807, 2.05) is 48.5 Å². The van der Waals surface area contributed by atoms with Gasteiger partial charge in [-0.1, -0.05) is 36.4 Å². The van der Waals surface area contributed by atoms with E-state index < -0.39 is 6.10 Å². The molecule has 0 spiro atoms. The second-order valence-electron chi connectivity index (χ2n) is 4.18. The summed E-state index contributed by atoms with van der Waals surface area (Å²) in [4.78, 5) is 3.23. The Bertz CT molecular complexity index is 587. The largest absolute Gasteiger partial charge is 0.496 e. The van der Waals surface area contributed by atoms with Gasteiger partial charge in [0.2, 0.25) is 6.54 Å².